The summed E-state index contributed by atoms with van der Waals surface area (Å²) in [5, 5.41) is 3.89. The maximum atomic E-state index is 13.8. The summed E-state index contributed by atoms with van der Waals surface area (Å²) in [6.45, 7) is 8.42. The van der Waals surface area contributed by atoms with Crippen LogP contribution in [0.3, 0.4) is 0 Å². The molecule has 0 spiro atoms. The molecule has 0 aliphatic carbocycles. The summed E-state index contributed by atoms with van der Waals surface area (Å²) < 4.78 is 0. The van der Waals surface area contributed by atoms with Crippen molar-refractivity contribution < 1.29 is 9.59 Å². The molecule has 0 saturated carbocycles. The smallest absolute Gasteiger partial charge is 0.243 e. The third-order valence-electron chi connectivity index (χ3n) is 6.31. The highest BCUT2D eigenvalue weighted by Gasteiger charge is 2.30. The second-order valence-electron chi connectivity index (χ2n) is 10.0. The van der Waals surface area contributed by atoms with Crippen LogP contribution in [0.5, 0.6) is 0 Å². The number of benzene rings is 3. The number of carbonyl (C=O) groups is 2. The average Bonchev–Trinajstić information content (AvgIpc) is 2.87. The van der Waals surface area contributed by atoms with E-state index in [1.807, 2.05) is 50.2 Å². The molecule has 0 saturated heterocycles. The fourth-order valence-electron chi connectivity index (χ4n) is 4.23. The van der Waals surface area contributed by atoms with E-state index in [1.165, 1.54) is 5.56 Å². The molecule has 0 heterocycles. The molecule has 6 heteroatoms. The van der Waals surface area contributed by atoms with Gasteiger partial charge in [-0.2, -0.15) is 0 Å². The highest BCUT2D eigenvalue weighted by Crippen LogP contribution is 2.25. The lowest BCUT2D eigenvalue weighted by Gasteiger charge is -2.32. The Hall–Kier alpha value is -2.82. The Bertz CT molecular complexity index is 1180. The Balaban J connectivity index is 1.90. The van der Waals surface area contributed by atoms with Gasteiger partial charge in [0.1, 0.15) is 6.04 Å². The van der Waals surface area contributed by atoms with E-state index in [0.29, 0.717) is 35.2 Å². The van der Waals surface area contributed by atoms with Crippen LogP contribution in [0.25, 0.3) is 0 Å². The predicted octanol–water partition coefficient (Wildman–Crippen LogP) is 7.21. The molecule has 0 aliphatic heterocycles. The minimum atomic E-state index is -0.671. The van der Waals surface area contributed by atoms with E-state index in [9.17, 15) is 9.59 Å². The topological polar surface area (TPSA) is 49.4 Å². The molecule has 1 N–H and O–H groups in total. The number of nitrogens with zero attached hydrogens (tertiary/aromatic N) is 1. The van der Waals surface area contributed by atoms with E-state index in [-0.39, 0.29) is 24.4 Å². The van der Waals surface area contributed by atoms with Crippen LogP contribution in [-0.4, -0.2) is 28.8 Å². The van der Waals surface area contributed by atoms with E-state index >= 15 is 0 Å². The zero-order chi connectivity index (χ0) is 26.9. The van der Waals surface area contributed by atoms with Gasteiger partial charge in [-0.1, -0.05) is 97.7 Å². The molecule has 3 rings (SSSR count). The van der Waals surface area contributed by atoms with Crippen LogP contribution < -0.4 is 5.32 Å². The zero-order valence-corrected chi connectivity index (χ0v) is 23.5. The number of aryl methyl sites for hydroxylation is 1. The lowest BCUT2D eigenvalue weighted by molar-refractivity contribution is -0.141. The number of halogens is 2. The van der Waals surface area contributed by atoms with Crippen LogP contribution in [-0.2, 0) is 29.0 Å². The summed E-state index contributed by atoms with van der Waals surface area (Å²) in [7, 11) is 0. The van der Waals surface area contributed by atoms with Gasteiger partial charge in [0.05, 0.1) is 10.0 Å². The molecule has 37 heavy (non-hydrogen) atoms. The van der Waals surface area contributed by atoms with Crippen molar-refractivity contribution in [3.05, 3.63) is 105 Å². The molecule has 0 unspecified atom stereocenters. The normalized spacial score (nSPS) is 12.0. The largest absolute Gasteiger partial charge is 0.352 e. The molecule has 0 fully saturated rings. The van der Waals surface area contributed by atoms with Gasteiger partial charge in [0, 0.05) is 25.4 Å². The first-order valence-corrected chi connectivity index (χ1v) is 13.6. The second kappa shape index (κ2) is 13.6. The van der Waals surface area contributed by atoms with Crippen molar-refractivity contribution >= 4 is 35.0 Å². The van der Waals surface area contributed by atoms with Crippen LogP contribution in [0.4, 0.5) is 0 Å². The summed E-state index contributed by atoms with van der Waals surface area (Å²) in [5.41, 5.74) is 4.17. The summed E-state index contributed by atoms with van der Waals surface area (Å²) >= 11 is 12.4. The number of rotatable bonds is 11. The fraction of sp³-hybridized carbons (Fsp3) is 0.355. The predicted molar refractivity (Wildman–Crippen MR) is 153 cm³/mol. The van der Waals surface area contributed by atoms with Gasteiger partial charge in [-0.25, -0.2) is 0 Å². The van der Waals surface area contributed by atoms with Crippen LogP contribution >= 0.6 is 23.2 Å². The first-order valence-electron chi connectivity index (χ1n) is 12.8. The van der Waals surface area contributed by atoms with Crippen molar-refractivity contribution in [3.8, 4) is 0 Å². The van der Waals surface area contributed by atoms with Gasteiger partial charge in [-0.05, 0) is 60.6 Å². The van der Waals surface area contributed by atoms with E-state index in [0.717, 1.165) is 16.7 Å². The van der Waals surface area contributed by atoms with E-state index in [4.69, 9.17) is 23.2 Å². The van der Waals surface area contributed by atoms with E-state index in [2.05, 4.69) is 43.4 Å². The number of amides is 2. The molecule has 0 bridgehead atoms. The Labute approximate surface area is 231 Å². The molecule has 3 aromatic carbocycles. The van der Waals surface area contributed by atoms with Gasteiger partial charge in [-0.3, -0.25) is 9.59 Å². The molecule has 196 valence electrons. The van der Waals surface area contributed by atoms with Gasteiger partial charge in [0.25, 0.3) is 0 Å². The number of hydrogen-bond donors (Lipinski definition) is 1. The highest BCUT2D eigenvalue weighted by molar-refractivity contribution is 6.42. The summed E-state index contributed by atoms with van der Waals surface area (Å²) in [6, 6.07) is 22.8. The third kappa shape index (κ3) is 8.62. The zero-order valence-electron chi connectivity index (χ0n) is 22.0. The molecule has 2 amide bonds. The van der Waals surface area contributed by atoms with Crippen molar-refractivity contribution in [1.29, 1.82) is 0 Å². The standard InChI is InChI=1S/C31H36Cl2N2O2/c1-21(2)26-14-10-23(11-15-26)13-17-30(36)35(20-25-12-16-27(32)28(33)18-25)29(31(37)34-22(3)4)19-24-8-6-5-7-9-24/h5-12,14-16,18,21-22,29H,13,17,19-20H2,1-4H3,(H,34,37)/t29-/m0/s1. The third-order valence-corrected chi connectivity index (χ3v) is 7.05. The number of carbonyl (C=O) groups excluding carboxylic acids is 2. The Morgan fingerprint density at radius 3 is 2.05 bits per heavy atom. The quantitative estimate of drug-likeness (QED) is 0.280. The fourth-order valence-corrected chi connectivity index (χ4v) is 4.55. The lowest BCUT2D eigenvalue weighted by Crippen LogP contribution is -2.51. The first kappa shape index (κ1) is 28.7. The van der Waals surface area contributed by atoms with Crippen LogP contribution in [0.15, 0.2) is 72.8 Å². The molecule has 1 atom stereocenters. The van der Waals surface area contributed by atoms with Gasteiger partial charge < -0.3 is 10.2 Å². The average molecular weight is 540 g/mol. The maximum Gasteiger partial charge on any atom is 0.243 e. The Kier molecular flexibility index (Phi) is 10.6. The molecular weight excluding hydrogens is 503 g/mol. The minimum absolute atomic E-state index is 0.0489. The Morgan fingerprint density at radius 2 is 1.46 bits per heavy atom. The monoisotopic (exact) mass is 538 g/mol. The Morgan fingerprint density at radius 1 is 0.811 bits per heavy atom. The van der Waals surface area contributed by atoms with Crippen LogP contribution in [0.2, 0.25) is 10.0 Å². The van der Waals surface area contributed by atoms with Crippen LogP contribution in [0, 0.1) is 0 Å². The molecule has 3 aromatic rings. The van der Waals surface area contributed by atoms with Crippen molar-refractivity contribution in [2.45, 2.75) is 71.5 Å². The van der Waals surface area contributed by atoms with Gasteiger partial charge in [-0.15, -0.1) is 0 Å². The van der Waals surface area contributed by atoms with Crippen molar-refractivity contribution in [1.82, 2.24) is 10.2 Å². The van der Waals surface area contributed by atoms with Crippen LogP contribution in [0.1, 0.15) is 62.3 Å². The molecule has 0 aromatic heterocycles. The lowest BCUT2D eigenvalue weighted by atomic mass is 9.99. The van der Waals surface area contributed by atoms with E-state index in [1.54, 1.807) is 17.0 Å². The second-order valence-corrected chi connectivity index (χ2v) is 10.8. The molecular formula is C31H36Cl2N2O2. The molecule has 0 aliphatic rings. The van der Waals surface area contributed by atoms with Gasteiger partial charge in [0.2, 0.25) is 11.8 Å². The first-order chi connectivity index (χ1) is 17.6. The van der Waals surface area contributed by atoms with E-state index < -0.39 is 6.04 Å². The summed E-state index contributed by atoms with van der Waals surface area (Å²) in [5.74, 6) is 0.197. The van der Waals surface area contributed by atoms with Crippen molar-refractivity contribution in [3.63, 3.8) is 0 Å². The van der Waals surface area contributed by atoms with Gasteiger partial charge in [0.15, 0.2) is 0 Å². The van der Waals surface area contributed by atoms with Crippen molar-refractivity contribution in [2.24, 2.45) is 0 Å². The summed E-state index contributed by atoms with van der Waals surface area (Å²) in [4.78, 5) is 28.9. The number of nitrogens with one attached hydrogen (secondary N) is 1. The summed E-state index contributed by atoms with van der Waals surface area (Å²) in [6.07, 6.45) is 1.30. The minimum Gasteiger partial charge on any atom is -0.352 e. The van der Waals surface area contributed by atoms with Crippen molar-refractivity contribution in [2.75, 3.05) is 0 Å². The maximum absolute atomic E-state index is 13.8. The SMILES string of the molecule is CC(C)NC(=O)[C@H](Cc1ccccc1)N(Cc1ccc(Cl)c(Cl)c1)C(=O)CCc1ccc(C(C)C)cc1. The number of hydrogen-bond acceptors (Lipinski definition) is 2. The molecule has 4 nitrogen and oxygen atoms in total. The molecule has 0 radical (unpaired) electrons. The van der Waals surface area contributed by atoms with Gasteiger partial charge >= 0.3 is 0 Å². The highest BCUT2D eigenvalue weighted by atomic mass is 35.5.